The van der Waals surface area contributed by atoms with Crippen molar-refractivity contribution in [3.63, 3.8) is 0 Å². The summed E-state index contributed by atoms with van der Waals surface area (Å²) >= 11 is 3.13. The summed E-state index contributed by atoms with van der Waals surface area (Å²) < 4.78 is 26.3. The second kappa shape index (κ2) is 3.39. The van der Waals surface area contributed by atoms with Crippen LogP contribution in [0.1, 0.15) is 0 Å². The number of hydrogen-bond acceptors (Lipinski definition) is 1. The molecule has 0 spiro atoms. The molecule has 0 amide bonds. The zero-order valence-electron chi connectivity index (χ0n) is 6.74. The first-order valence-electron chi connectivity index (χ1n) is 3.35. The lowest BCUT2D eigenvalue weighted by atomic mass is 10.3. The van der Waals surface area contributed by atoms with E-state index in [0.29, 0.717) is 4.47 Å². The van der Waals surface area contributed by atoms with E-state index in [0.717, 1.165) is 6.07 Å². The van der Waals surface area contributed by atoms with Crippen LogP contribution in [0.5, 0.6) is 0 Å². The third-order valence-corrected chi connectivity index (χ3v) is 2.11. The van der Waals surface area contributed by atoms with Gasteiger partial charge in [-0.25, -0.2) is 8.78 Å². The van der Waals surface area contributed by atoms with Gasteiger partial charge in [0.15, 0.2) is 11.6 Å². The molecule has 0 unspecified atom stereocenters. The maximum absolute atomic E-state index is 13.1. The quantitative estimate of drug-likeness (QED) is 0.677. The van der Waals surface area contributed by atoms with Gasteiger partial charge in [0.1, 0.15) is 0 Å². The van der Waals surface area contributed by atoms with Crippen molar-refractivity contribution in [2.75, 3.05) is 19.0 Å². The number of benzene rings is 1. The topological polar surface area (TPSA) is 3.24 Å². The first-order valence-corrected chi connectivity index (χ1v) is 4.14. The van der Waals surface area contributed by atoms with Crippen molar-refractivity contribution in [2.45, 2.75) is 0 Å². The van der Waals surface area contributed by atoms with Gasteiger partial charge in [-0.3, -0.25) is 0 Å². The zero-order chi connectivity index (χ0) is 9.30. The molecule has 1 rings (SSSR count). The zero-order valence-corrected chi connectivity index (χ0v) is 8.32. The van der Waals surface area contributed by atoms with Crippen LogP contribution in [0.25, 0.3) is 0 Å². The molecule has 4 heteroatoms. The molecular weight excluding hydrogens is 228 g/mol. The lowest BCUT2D eigenvalue weighted by molar-refractivity contribution is 0.508. The van der Waals surface area contributed by atoms with E-state index in [1.54, 1.807) is 14.1 Å². The van der Waals surface area contributed by atoms with Gasteiger partial charge in [0.05, 0.1) is 5.69 Å². The third kappa shape index (κ3) is 1.58. The average molecular weight is 236 g/mol. The molecule has 0 N–H and O–H groups in total. The van der Waals surface area contributed by atoms with Crippen molar-refractivity contribution < 1.29 is 8.78 Å². The number of hydrogen-bond donors (Lipinski definition) is 0. The Kier molecular flexibility index (Phi) is 2.67. The fourth-order valence-corrected chi connectivity index (χ4v) is 1.59. The highest BCUT2D eigenvalue weighted by atomic mass is 79.9. The molecule has 0 radical (unpaired) electrons. The van der Waals surface area contributed by atoms with Gasteiger partial charge in [-0.15, -0.1) is 0 Å². The number of halogens is 3. The second-order valence-corrected chi connectivity index (χ2v) is 3.44. The summed E-state index contributed by atoms with van der Waals surface area (Å²) in [4.78, 5) is 1.52. The van der Waals surface area contributed by atoms with Crippen LogP contribution in [0.3, 0.4) is 0 Å². The van der Waals surface area contributed by atoms with Crippen LogP contribution in [-0.2, 0) is 0 Å². The van der Waals surface area contributed by atoms with Crippen LogP contribution >= 0.6 is 15.9 Å². The van der Waals surface area contributed by atoms with Gasteiger partial charge in [0.25, 0.3) is 0 Å². The van der Waals surface area contributed by atoms with Gasteiger partial charge in [-0.2, -0.15) is 0 Å². The Labute approximate surface area is 78.1 Å². The molecule has 12 heavy (non-hydrogen) atoms. The van der Waals surface area contributed by atoms with E-state index in [1.807, 2.05) is 0 Å². The van der Waals surface area contributed by atoms with Crippen LogP contribution in [0, 0.1) is 11.6 Å². The Hall–Kier alpha value is -0.640. The molecule has 0 saturated carbocycles. The molecule has 0 saturated heterocycles. The first-order chi connectivity index (χ1) is 5.54. The molecule has 0 atom stereocenters. The minimum atomic E-state index is -0.832. The third-order valence-electron chi connectivity index (χ3n) is 1.47. The molecule has 0 aliphatic heterocycles. The van der Waals surface area contributed by atoms with Crippen LogP contribution < -0.4 is 4.90 Å². The van der Waals surface area contributed by atoms with E-state index in [1.165, 1.54) is 11.0 Å². The number of rotatable bonds is 1. The van der Waals surface area contributed by atoms with Crippen molar-refractivity contribution in [3.05, 3.63) is 28.2 Å². The Bertz CT molecular complexity index is 299. The van der Waals surface area contributed by atoms with Crippen molar-refractivity contribution >= 4 is 21.6 Å². The van der Waals surface area contributed by atoms with E-state index in [2.05, 4.69) is 15.9 Å². The number of nitrogens with zero attached hydrogens (tertiary/aromatic N) is 1. The molecule has 0 heterocycles. The highest BCUT2D eigenvalue weighted by Crippen LogP contribution is 2.29. The summed E-state index contributed by atoms with van der Waals surface area (Å²) in [7, 11) is 3.31. The molecule has 0 aromatic heterocycles. The number of anilines is 1. The van der Waals surface area contributed by atoms with Gasteiger partial charge < -0.3 is 4.90 Å². The minimum absolute atomic E-state index is 0.231. The first kappa shape index (κ1) is 9.45. The van der Waals surface area contributed by atoms with Crippen molar-refractivity contribution in [3.8, 4) is 0 Å². The Morgan fingerprint density at radius 2 is 1.83 bits per heavy atom. The standard InChI is InChI=1S/C8H8BrF2N/c1-12(2)8-5(9)3-4-6(10)7(8)11/h3-4H,1-2H3. The van der Waals surface area contributed by atoms with Gasteiger partial charge in [-0.05, 0) is 28.1 Å². The SMILES string of the molecule is CN(C)c1c(Br)ccc(F)c1F. The Morgan fingerprint density at radius 1 is 1.25 bits per heavy atom. The van der Waals surface area contributed by atoms with Gasteiger partial charge in [-0.1, -0.05) is 0 Å². The smallest absolute Gasteiger partial charge is 0.183 e. The predicted octanol–water partition coefficient (Wildman–Crippen LogP) is 2.79. The lowest BCUT2D eigenvalue weighted by Gasteiger charge is -2.15. The molecule has 0 aliphatic carbocycles. The maximum Gasteiger partial charge on any atom is 0.183 e. The molecule has 1 nitrogen and oxygen atoms in total. The molecule has 0 fully saturated rings. The van der Waals surface area contributed by atoms with E-state index in [9.17, 15) is 8.78 Å². The van der Waals surface area contributed by atoms with E-state index >= 15 is 0 Å². The normalized spacial score (nSPS) is 10.1. The van der Waals surface area contributed by atoms with Gasteiger partial charge in [0, 0.05) is 18.6 Å². The summed E-state index contributed by atoms with van der Waals surface area (Å²) in [5.41, 5.74) is 0.231. The lowest BCUT2D eigenvalue weighted by Crippen LogP contribution is -2.12. The molecular formula is C8H8BrF2N. The fraction of sp³-hybridized carbons (Fsp3) is 0.250. The highest BCUT2D eigenvalue weighted by Gasteiger charge is 2.12. The molecule has 66 valence electrons. The molecule has 1 aromatic carbocycles. The van der Waals surface area contributed by atoms with E-state index in [4.69, 9.17) is 0 Å². The monoisotopic (exact) mass is 235 g/mol. The van der Waals surface area contributed by atoms with Crippen molar-refractivity contribution in [1.82, 2.24) is 0 Å². The van der Waals surface area contributed by atoms with E-state index < -0.39 is 11.6 Å². The molecule has 0 aliphatic rings. The maximum atomic E-state index is 13.1. The van der Waals surface area contributed by atoms with Gasteiger partial charge >= 0.3 is 0 Å². The Morgan fingerprint density at radius 3 is 2.25 bits per heavy atom. The highest BCUT2D eigenvalue weighted by molar-refractivity contribution is 9.10. The van der Waals surface area contributed by atoms with Crippen molar-refractivity contribution in [2.24, 2.45) is 0 Å². The molecule has 1 aromatic rings. The summed E-state index contributed by atoms with van der Waals surface area (Å²) in [5.74, 6) is -1.66. The average Bonchev–Trinajstić information content (AvgIpc) is 1.97. The van der Waals surface area contributed by atoms with Crippen LogP contribution in [0.2, 0.25) is 0 Å². The summed E-state index contributed by atoms with van der Waals surface area (Å²) in [5, 5.41) is 0. The van der Waals surface area contributed by atoms with Crippen LogP contribution in [-0.4, -0.2) is 14.1 Å². The Balaban J connectivity index is 3.33. The minimum Gasteiger partial charge on any atom is -0.374 e. The fourth-order valence-electron chi connectivity index (χ4n) is 0.926. The summed E-state index contributed by atoms with van der Waals surface area (Å²) in [6.07, 6.45) is 0. The summed E-state index contributed by atoms with van der Waals surface area (Å²) in [6.45, 7) is 0. The van der Waals surface area contributed by atoms with Crippen molar-refractivity contribution in [1.29, 1.82) is 0 Å². The predicted molar refractivity (Wildman–Crippen MR) is 48.4 cm³/mol. The van der Waals surface area contributed by atoms with Gasteiger partial charge in [0.2, 0.25) is 0 Å². The largest absolute Gasteiger partial charge is 0.374 e. The second-order valence-electron chi connectivity index (χ2n) is 2.59. The summed E-state index contributed by atoms with van der Waals surface area (Å²) in [6, 6.07) is 2.57. The van der Waals surface area contributed by atoms with Crippen LogP contribution in [0.4, 0.5) is 14.5 Å². The molecule has 0 bridgehead atoms. The van der Waals surface area contributed by atoms with E-state index in [-0.39, 0.29) is 5.69 Å². The van der Waals surface area contributed by atoms with Crippen LogP contribution in [0.15, 0.2) is 16.6 Å².